The Morgan fingerprint density at radius 3 is 2.67 bits per heavy atom. The Morgan fingerprint density at radius 1 is 1.56 bits per heavy atom. The third-order valence-corrected chi connectivity index (χ3v) is 2.35. The number of halogens is 2. The van der Waals surface area contributed by atoms with E-state index in [0.717, 1.165) is 6.07 Å². The third-order valence-electron chi connectivity index (χ3n) is 2.35. The average Bonchev–Trinajstić information content (AvgIpc) is 2.36. The molecule has 0 aromatic heterocycles. The van der Waals surface area contributed by atoms with Crippen LogP contribution in [0.5, 0.6) is 0 Å². The predicted octanol–water partition coefficient (Wildman–Crippen LogP) is 2.16. The Morgan fingerprint density at radius 2 is 2.22 bits per heavy atom. The van der Waals surface area contributed by atoms with Gasteiger partial charge in [0.2, 0.25) is 0 Å². The van der Waals surface area contributed by atoms with Gasteiger partial charge in [0.1, 0.15) is 0 Å². The van der Waals surface area contributed by atoms with E-state index in [9.17, 15) is 13.6 Å². The highest BCUT2D eigenvalue weighted by Crippen LogP contribution is 2.29. The van der Waals surface area contributed by atoms with E-state index in [1.165, 1.54) is 6.07 Å². The normalized spacial score (nSPS) is 10.2. The van der Waals surface area contributed by atoms with E-state index in [1.807, 2.05) is 0 Å². The van der Waals surface area contributed by atoms with Gasteiger partial charge < -0.3 is 9.84 Å². The van der Waals surface area contributed by atoms with Crippen molar-refractivity contribution < 1.29 is 23.4 Å². The Labute approximate surface area is 102 Å². The molecule has 0 saturated carbocycles. The summed E-state index contributed by atoms with van der Waals surface area (Å²) in [6.07, 6.45) is -2.95. The molecule has 0 atom stereocenters. The van der Waals surface area contributed by atoms with Crippen LogP contribution in [-0.4, -0.2) is 17.7 Å². The molecule has 0 aliphatic carbocycles. The molecule has 6 heteroatoms. The maximum atomic E-state index is 12.9. The molecule has 0 saturated heterocycles. The first-order chi connectivity index (χ1) is 8.56. The van der Waals surface area contributed by atoms with E-state index in [4.69, 9.17) is 15.1 Å². The fourth-order valence-corrected chi connectivity index (χ4v) is 1.58. The van der Waals surface area contributed by atoms with Crippen LogP contribution in [0.4, 0.5) is 8.78 Å². The van der Waals surface area contributed by atoms with E-state index < -0.39 is 24.6 Å². The molecule has 0 heterocycles. The van der Waals surface area contributed by atoms with Gasteiger partial charge in [-0.05, 0) is 19.1 Å². The van der Waals surface area contributed by atoms with E-state index in [-0.39, 0.29) is 23.3 Å². The molecular weight excluding hydrogens is 244 g/mol. The zero-order chi connectivity index (χ0) is 13.7. The molecule has 18 heavy (non-hydrogen) atoms. The molecular formula is C12H11F2NO3. The molecule has 0 radical (unpaired) electrons. The van der Waals surface area contributed by atoms with E-state index in [1.54, 1.807) is 13.0 Å². The first-order valence-electron chi connectivity index (χ1n) is 5.18. The van der Waals surface area contributed by atoms with Gasteiger partial charge in [0.05, 0.1) is 30.4 Å². The van der Waals surface area contributed by atoms with Crippen LogP contribution in [0.3, 0.4) is 0 Å². The lowest BCUT2D eigenvalue weighted by atomic mass is 9.97. The van der Waals surface area contributed by atoms with Gasteiger partial charge >= 0.3 is 5.97 Å². The summed E-state index contributed by atoms with van der Waals surface area (Å²) >= 11 is 0. The second kappa shape index (κ2) is 6.07. The third kappa shape index (κ3) is 2.63. The molecule has 0 spiro atoms. The van der Waals surface area contributed by atoms with Crippen molar-refractivity contribution in [3.8, 4) is 6.07 Å². The molecule has 0 amide bonds. The number of nitrogens with zero attached hydrogens (tertiary/aromatic N) is 1. The van der Waals surface area contributed by atoms with Crippen molar-refractivity contribution in [2.45, 2.75) is 20.0 Å². The van der Waals surface area contributed by atoms with Gasteiger partial charge in [0.25, 0.3) is 6.43 Å². The molecule has 0 aliphatic heterocycles. The predicted molar refractivity (Wildman–Crippen MR) is 58.0 cm³/mol. The number of ether oxygens (including phenoxy) is 1. The van der Waals surface area contributed by atoms with Crippen LogP contribution in [0.25, 0.3) is 0 Å². The zero-order valence-electron chi connectivity index (χ0n) is 9.61. The van der Waals surface area contributed by atoms with Crippen molar-refractivity contribution in [3.63, 3.8) is 0 Å². The van der Waals surface area contributed by atoms with Crippen molar-refractivity contribution in [2.24, 2.45) is 0 Å². The highest BCUT2D eigenvalue weighted by molar-refractivity contribution is 5.91. The number of benzene rings is 1. The van der Waals surface area contributed by atoms with Gasteiger partial charge in [-0.1, -0.05) is 0 Å². The number of aliphatic hydroxyl groups is 1. The highest BCUT2D eigenvalue weighted by atomic mass is 19.3. The van der Waals surface area contributed by atoms with Crippen molar-refractivity contribution in [1.82, 2.24) is 0 Å². The summed E-state index contributed by atoms with van der Waals surface area (Å²) in [4.78, 5) is 11.5. The SMILES string of the molecule is CCOC(=O)c1ccc(C#N)c(C(F)F)c1CO. The van der Waals surface area contributed by atoms with Crippen molar-refractivity contribution in [2.75, 3.05) is 6.61 Å². The van der Waals surface area contributed by atoms with Crippen molar-refractivity contribution >= 4 is 5.97 Å². The standard InChI is InChI=1S/C12H11F2NO3/c1-2-18-12(17)8-4-3-7(5-15)10(11(13)14)9(8)6-16/h3-4,11,16H,2,6H2,1H3. The average molecular weight is 255 g/mol. The molecule has 0 aliphatic rings. The van der Waals surface area contributed by atoms with Crippen LogP contribution in [0.2, 0.25) is 0 Å². The maximum absolute atomic E-state index is 12.9. The van der Waals surface area contributed by atoms with Crippen LogP contribution in [-0.2, 0) is 11.3 Å². The summed E-state index contributed by atoms with van der Waals surface area (Å²) in [5.74, 6) is -0.798. The van der Waals surface area contributed by atoms with E-state index in [2.05, 4.69) is 0 Å². The largest absolute Gasteiger partial charge is 0.462 e. The fraction of sp³-hybridized carbons (Fsp3) is 0.333. The zero-order valence-corrected chi connectivity index (χ0v) is 9.61. The molecule has 0 bridgehead atoms. The molecule has 96 valence electrons. The first-order valence-corrected chi connectivity index (χ1v) is 5.18. The quantitative estimate of drug-likeness (QED) is 0.837. The van der Waals surface area contributed by atoms with Gasteiger partial charge in [0.15, 0.2) is 0 Å². The number of hydrogen-bond acceptors (Lipinski definition) is 4. The molecule has 1 aromatic rings. The Bertz CT molecular complexity index is 495. The summed E-state index contributed by atoms with van der Waals surface area (Å²) in [5, 5.41) is 17.9. The Balaban J connectivity index is 3.43. The number of alkyl halides is 2. The van der Waals surface area contributed by atoms with Gasteiger partial charge in [-0.15, -0.1) is 0 Å². The molecule has 4 nitrogen and oxygen atoms in total. The molecule has 1 aromatic carbocycles. The lowest BCUT2D eigenvalue weighted by Crippen LogP contribution is -2.12. The fourth-order valence-electron chi connectivity index (χ4n) is 1.58. The number of carbonyl (C=O) groups excluding carboxylic acids is 1. The molecule has 0 unspecified atom stereocenters. The Kier molecular flexibility index (Phi) is 4.75. The van der Waals surface area contributed by atoms with Gasteiger partial charge in [0, 0.05) is 11.1 Å². The van der Waals surface area contributed by atoms with Gasteiger partial charge in [-0.2, -0.15) is 5.26 Å². The van der Waals surface area contributed by atoms with Gasteiger partial charge in [-0.25, -0.2) is 13.6 Å². The molecule has 1 rings (SSSR count). The smallest absolute Gasteiger partial charge is 0.338 e. The summed E-state index contributed by atoms with van der Waals surface area (Å²) in [6, 6.07) is 3.93. The summed E-state index contributed by atoms with van der Waals surface area (Å²) < 4.78 is 30.5. The summed E-state index contributed by atoms with van der Waals surface area (Å²) in [5.41, 5.74) is -1.29. The number of rotatable bonds is 4. The number of nitriles is 1. The first kappa shape index (κ1) is 14.1. The molecule has 0 fully saturated rings. The second-order valence-electron chi connectivity index (χ2n) is 3.34. The van der Waals surface area contributed by atoms with Crippen LogP contribution in [0.1, 0.15) is 40.4 Å². The second-order valence-corrected chi connectivity index (χ2v) is 3.34. The number of carbonyl (C=O) groups is 1. The minimum absolute atomic E-state index is 0.0910. The van der Waals surface area contributed by atoms with Crippen molar-refractivity contribution in [3.05, 3.63) is 34.4 Å². The lowest BCUT2D eigenvalue weighted by molar-refractivity contribution is 0.0522. The van der Waals surface area contributed by atoms with Crippen LogP contribution in [0.15, 0.2) is 12.1 Å². The Hall–Kier alpha value is -2.00. The summed E-state index contributed by atoms with van der Waals surface area (Å²) in [7, 11) is 0. The highest BCUT2D eigenvalue weighted by Gasteiger charge is 2.23. The minimum Gasteiger partial charge on any atom is -0.462 e. The van der Waals surface area contributed by atoms with E-state index >= 15 is 0 Å². The number of aliphatic hydroxyl groups excluding tert-OH is 1. The monoisotopic (exact) mass is 255 g/mol. The van der Waals surface area contributed by atoms with Crippen LogP contribution in [0, 0.1) is 11.3 Å². The molecule has 1 N–H and O–H groups in total. The summed E-state index contributed by atoms with van der Waals surface area (Å²) in [6.45, 7) is 0.908. The van der Waals surface area contributed by atoms with Gasteiger partial charge in [-0.3, -0.25) is 0 Å². The van der Waals surface area contributed by atoms with Crippen LogP contribution < -0.4 is 0 Å². The van der Waals surface area contributed by atoms with E-state index in [0.29, 0.717) is 0 Å². The van der Waals surface area contributed by atoms with Crippen molar-refractivity contribution in [1.29, 1.82) is 5.26 Å². The maximum Gasteiger partial charge on any atom is 0.338 e. The lowest BCUT2D eigenvalue weighted by Gasteiger charge is -2.13. The van der Waals surface area contributed by atoms with Crippen LogP contribution >= 0.6 is 0 Å². The topological polar surface area (TPSA) is 70.3 Å². The minimum atomic E-state index is -2.95. The number of esters is 1. The number of hydrogen-bond donors (Lipinski definition) is 1.